The fourth-order valence-electron chi connectivity index (χ4n) is 3.94. The van der Waals surface area contributed by atoms with E-state index in [1.54, 1.807) is 0 Å². The molecule has 1 amide bonds. The van der Waals surface area contributed by atoms with Gasteiger partial charge in [-0.05, 0) is 64.1 Å². The standard InChI is InChI=1S/C25H34N2O2/c1-25(2,3)29-24(28)27-17-15-22(26-16-14-20-10-6-4-7-11-20)19-23(27)18-21-12-8-5-9-13-21/h4-13,22-23,26H,14-19H2,1-3H3/t22-,23+/m0/s1. The van der Waals surface area contributed by atoms with E-state index in [9.17, 15) is 4.79 Å². The lowest BCUT2D eigenvalue weighted by atomic mass is 9.92. The largest absolute Gasteiger partial charge is 0.444 e. The molecule has 0 radical (unpaired) electrons. The lowest BCUT2D eigenvalue weighted by molar-refractivity contribution is 0.00712. The second kappa shape index (κ2) is 9.93. The van der Waals surface area contributed by atoms with Crippen molar-refractivity contribution in [3.05, 3.63) is 71.8 Å². The molecule has 0 aliphatic carbocycles. The summed E-state index contributed by atoms with van der Waals surface area (Å²) in [4.78, 5) is 14.7. The van der Waals surface area contributed by atoms with Crippen LogP contribution in [0.2, 0.25) is 0 Å². The summed E-state index contributed by atoms with van der Waals surface area (Å²) in [7, 11) is 0. The molecule has 0 saturated carbocycles. The molecular weight excluding hydrogens is 360 g/mol. The van der Waals surface area contributed by atoms with E-state index in [1.807, 2.05) is 31.7 Å². The number of carbonyl (C=O) groups excluding carboxylic acids is 1. The van der Waals surface area contributed by atoms with E-state index in [4.69, 9.17) is 4.74 Å². The maximum absolute atomic E-state index is 12.8. The Morgan fingerprint density at radius 3 is 2.28 bits per heavy atom. The van der Waals surface area contributed by atoms with Gasteiger partial charge >= 0.3 is 6.09 Å². The Balaban J connectivity index is 1.61. The van der Waals surface area contributed by atoms with Crippen LogP contribution in [0.3, 0.4) is 0 Å². The molecule has 156 valence electrons. The van der Waals surface area contributed by atoms with Gasteiger partial charge in [-0.15, -0.1) is 0 Å². The third kappa shape index (κ3) is 6.90. The number of nitrogens with one attached hydrogen (secondary N) is 1. The normalized spacial score (nSPS) is 19.8. The highest BCUT2D eigenvalue weighted by Crippen LogP contribution is 2.24. The molecule has 2 atom stereocenters. The number of nitrogens with zero attached hydrogens (tertiary/aromatic N) is 1. The Morgan fingerprint density at radius 1 is 1.03 bits per heavy atom. The molecule has 1 aliphatic heterocycles. The van der Waals surface area contributed by atoms with Gasteiger partial charge in [-0.1, -0.05) is 60.7 Å². The molecular formula is C25H34N2O2. The topological polar surface area (TPSA) is 41.6 Å². The third-order valence-corrected chi connectivity index (χ3v) is 5.35. The first-order chi connectivity index (χ1) is 13.9. The summed E-state index contributed by atoms with van der Waals surface area (Å²) < 4.78 is 5.69. The molecule has 3 rings (SSSR count). The molecule has 29 heavy (non-hydrogen) atoms. The van der Waals surface area contributed by atoms with E-state index in [1.165, 1.54) is 11.1 Å². The van der Waals surface area contributed by atoms with Crippen LogP contribution >= 0.6 is 0 Å². The third-order valence-electron chi connectivity index (χ3n) is 5.35. The average Bonchev–Trinajstić information content (AvgIpc) is 2.68. The predicted molar refractivity (Wildman–Crippen MR) is 118 cm³/mol. The van der Waals surface area contributed by atoms with Gasteiger partial charge in [0.15, 0.2) is 0 Å². The van der Waals surface area contributed by atoms with Crippen molar-refractivity contribution in [3.63, 3.8) is 0 Å². The first-order valence-electron chi connectivity index (χ1n) is 10.7. The number of amides is 1. The minimum atomic E-state index is -0.473. The second-order valence-electron chi connectivity index (χ2n) is 8.93. The summed E-state index contributed by atoms with van der Waals surface area (Å²) in [6.45, 7) is 7.47. The Hall–Kier alpha value is -2.33. The molecule has 0 spiro atoms. The quantitative estimate of drug-likeness (QED) is 0.763. The van der Waals surface area contributed by atoms with Crippen LogP contribution in [-0.2, 0) is 17.6 Å². The molecule has 0 bridgehead atoms. The number of piperidine rings is 1. The zero-order valence-electron chi connectivity index (χ0n) is 17.9. The highest BCUT2D eigenvalue weighted by Gasteiger charge is 2.34. The molecule has 0 aromatic heterocycles. The smallest absolute Gasteiger partial charge is 0.410 e. The summed E-state index contributed by atoms with van der Waals surface area (Å²) >= 11 is 0. The van der Waals surface area contributed by atoms with Crippen LogP contribution in [0.15, 0.2) is 60.7 Å². The summed E-state index contributed by atoms with van der Waals surface area (Å²) in [6.07, 6.45) is 3.59. The van der Waals surface area contributed by atoms with Crippen molar-refractivity contribution < 1.29 is 9.53 Å². The van der Waals surface area contributed by atoms with E-state index in [0.29, 0.717) is 6.04 Å². The first kappa shape index (κ1) is 21.4. The minimum absolute atomic E-state index is 0.148. The van der Waals surface area contributed by atoms with Crippen molar-refractivity contribution in [2.45, 2.75) is 64.1 Å². The van der Waals surface area contributed by atoms with Crippen molar-refractivity contribution >= 4 is 6.09 Å². The van der Waals surface area contributed by atoms with Gasteiger partial charge in [-0.3, -0.25) is 0 Å². The Bertz CT molecular complexity index is 755. The Morgan fingerprint density at radius 2 is 1.66 bits per heavy atom. The van der Waals surface area contributed by atoms with Crippen molar-refractivity contribution in [2.24, 2.45) is 0 Å². The number of likely N-dealkylation sites (tertiary alicyclic amines) is 1. The first-order valence-corrected chi connectivity index (χ1v) is 10.7. The Labute approximate surface area is 175 Å². The number of rotatable bonds is 6. The zero-order valence-corrected chi connectivity index (χ0v) is 17.9. The van der Waals surface area contributed by atoms with Gasteiger partial charge in [0, 0.05) is 18.6 Å². The lowest BCUT2D eigenvalue weighted by Crippen LogP contribution is -2.53. The van der Waals surface area contributed by atoms with Crippen LogP contribution in [0.1, 0.15) is 44.7 Å². The maximum atomic E-state index is 12.8. The van der Waals surface area contributed by atoms with Gasteiger partial charge in [-0.2, -0.15) is 0 Å². The fraction of sp³-hybridized carbons (Fsp3) is 0.480. The van der Waals surface area contributed by atoms with E-state index in [-0.39, 0.29) is 12.1 Å². The van der Waals surface area contributed by atoms with Crippen molar-refractivity contribution in [3.8, 4) is 0 Å². The second-order valence-corrected chi connectivity index (χ2v) is 8.93. The summed E-state index contributed by atoms with van der Waals surface area (Å²) in [6, 6.07) is 21.6. The molecule has 1 N–H and O–H groups in total. The molecule has 4 nitrogen and oxygen atoms in total. The van der Waals surface area contributed by atoms with E-state index < -0.39 is 5.60 Å². The van der Waals surface area contributed by atoms with E-state index in [2.05, 4.69) is 59.9 Å². The van der Waals surface area contributed by atoms with E-state index in [0.717, 1.165) is 38.8 Å². The number of hydrogen-bond acceptors (Lipinski definition) is 3. The average molecular weight is 395 g/mol. The van der Waals surface area contributed by atoms with Gasteiger partial charge in [0.25, 0.3) is 0 Å². The van der Waals surface area contributed by atoms with Gasteiger partial charge in [-0.25, -0.2) is 4.79 Å². The predicted octanol–water partition coefficient (Wildman–Crippen LogP) is 4.83. The highest BCUT2D eigenvalue weighted by atomic mass is 16.6. The van der Waals surface area contributed by atoms with Gasteiger partial charge < -0.3 is 15.0 Å². The van der Waals surface area contributed by atoms with Crippen LogP contribution in [0.5, 0.6) is 0 Å². The monoisotopic (exact) mass is 394 g/mol. The van der Waals surface area contributed by atoms with Crippen LogP contribution in [0.4, 0.5) is 4.79 Å². The molecule has 4 heteroatoms. The summed E-state index contributed by atoms with van der Waals surface area (Å²) in [5.74, 6) is 0. The SMILES string of the molecule is CC(C)(C)OC(=O)N1CC[C@H](NCCc2ccccc2)C[C@H]1Cc1ccccc1. The summed E-state index contributed by atoms with van der Waals surface area (Å²) in [5, 5.41) is 3.71. The maximum Gasteiger partial charge on any atom is 0.410 e. The van der Waals surface area contributed by atoms with Crippen molar-refractivity contribution in [2.75, 3.05) is 13.1 Å². The van der Waals surface area contributed by atoms with Gasteiger partial charge in [0.2, 0.25) is 0 Å². The molecule has 1 heterocycles. The molecule has 1 aliphatic rings. The molecule has 2 aromatic rings. The number of carbonyl (C=O) groups is 1. The molecule has 1 saturated heterocycles. The molecule has 2 aromatic carbocycles. The zero-order chi connectivity index (χ0) is 20.7. The van der Waals surface area contributed by atoms with Gasteiger partial charge in [0.1, 0.15) is 5.60 Å². The minimum Gasteiger partial charge on any atom is -0.444 e. The van der Waals surface area contributed by atoms with Crippen LogP contribution in [0, 0.1) is 0 Å². The van der Waals surface area contributed by atoms with Crippen LogP contribution in [-0.4, -0.2) is 41.8 Å². The highest BCUT2D eigenvalue weighted by molar-refractivity contribution is 5.68. The fourth-order valence-corrected chi connectivity index (χ4v) is 3.94. The van der Waals surface area contributed by atoms with E-state index >= 15 is 0 Å². The van der Waals surface area contributed by atoms with Crippen LogP contribution < -0.4 is 5.32 Å². The van der Waals surface area contributed by atoms with Crippen LogP contribution in [0.25, 0.3) is 0 Å². The van der Waals surface area contributed by atoms with Crippen molar-refractivity contribution in [1.82, 2.24) is 10.2 Å². The molecule has 1 fully saturated rings. The molecule has 0 unspecified atom stereocenters. The number of ether oxygens (including phenoxy) is 1. The lowest BCUT2D eigenvalue weighted by Gasteiger charge is -2.40. The number of hydrogen-bond donors (Lipinski definition) is 1. The van der Waals surface area contributed by atoms with Gasteiger partial charge in [0.05, 0.1) is 0 Å². The Kier molecular flexibility index (Phi) is 7.32. The number of benzene rings is 2. The van der Waals surface area contributed by atoms with Crippen molar-refractivity contribution in [1.29, 1.82) is 0 Å². The summed E-state index contributed by atoms with van der Waals surface area (Å²) in [5.41, 5.74) is 2.14.